The highest BCUT2D eigenvalue weighted by molar-refractivity contribution is 6.74. The number of pyridine rings is 1. The van der Waals surface area contributed by atoms with Gasteiger partial charge in [0.25, 0.3) is 0 Å². The van der Waals surface area contributed by atoms with Crippen molar-refractivity contribution >= 4 is 25.3 Å². The summed E-state index contributed by atoms with van der Waals surface area (Å²) in [4.78, 5) is 17.5. The maximum Gasteiger partial charge on any atom is 0.341 e. The van der Waals surface area contributed by atoms with E-state index < -0.39 is 13.9 Å². The summed E-state index contributed by atoms with van der Waals surface area (Å²) in [5.74, 6) is -0.295. The lowest BCUT2D eigenvalue weighted by Crippen LogP contribution is -2.41. The van der Waals surface area contributed by atoms with Crippen molar-refractivity contribution in [3.05, 3.63) is 29.6 Å². The van der Waals surface area contributed by atoms with Crippen molar-refractivity contribution in [1.29, 1.82) is 0 Å². The van der Waals surface area contributed by atoms with E-state index in [1.54, 1.807) is 6.20 Å². The first-order valence-corrected chi connectivity index (χ1v) is 13.4. The molecule has 0 radical (unpaired) electrons. The molecule has 5 nitrogen and oxygen atoms in total. The number of esters is 1. The quantitative estimate of drug-likeness (QED) is 0.409. The molecule has 0 bridgehead atoms. The molecule has 1 unspecified atom stereocenters. The van der Waals surface area contributed by atoms with Crippen LogP contribution in [-0.2, 0) is 9.16 Å². The van der Waals surface area contributed by atoms with E-state index in [2.05, 4.69) is 50.3 Å². The molecule has 2 aromatic heterocycles. The van der Waals surface area contributed by atoms with Crippen molar-refractivity contribution < 1.29 is 14.0 Å². The van der Waals surface area contributed by atoms with Crippen molar-refractivity contribution in [2.45, 2.75) is 91.6 Å². The number of hydrogen-bond donors (Lipinski definition) is 0. The van der Waals surface area contributed by atoms with Crippen molar-refractivity contribution in [1.82, 2.24) is 9.55 Å². The Labute approximate surface area is 176 Å². The second-order valence-electron chi connectivity index (χ2n) is 10.5. The van der Waals surface area contributed by atoms with Crippen LogP contribution in [0.4, 0.5) is 0 Å². The van der Waals surface area contributed by atoms with Crippen molar-refractivity contribution in [3.8, 4) is 0 Å². The number of fused-ring (bicyclic) bond motifs is 1. The number of carbonyl (C=O) groups excluding carboxylic acids is 1. The van der Waals surface area contributed by atoms with Crippen LogP contribution in [0.5, 0.6) is 0 Å². The van der Waals surface area contributed by atoms with E-state index in [1.165, 1.54) is 0 Å². The van der Waals surface area contributed by atoms with Gasteiger partial charge in [0, 0.05) is 29.9 Å². The van der Waals surface area contributed by atoms with Gasteiger partial charge in [0.1, 0.15) is 11.2 Å². The molecule has 2 aromatic rings. The third kappa shape index (κ3) is 5.28. The highest BCUT2D eigenvalue weighted by atomic mass is 28.4. The normalized spacial score (nSPS) is 14.3. The Hall–Kier alpha value is -1.66. The lowest BCUT2D eigenvalue weighted by atomic mass is 10.1. The number of rotatable bonds is 6. The van der Waals surface area contributed by atoms with Crippen LogP contribution in [-0.4, -0.2) is 36.0 Å². The number of carbonyl (C=O) groups is 1. The average molecular weight is 419 g/mol. The van der Waals surface area contributed by atoms with Crippen LogP contribution >= 0.6 is 0 Å². The minimum absolute atomic E-state index is 0.161. The number of hydrogen-bond acceptors (Lipinski definition) is 4. The van der Waals surface area contributed by atoms with Crippen LogP contribution in [0.15, 0.2) is 18.3 Å². The second-order valence-corrected chi connectivity index (χ2v) is 15.3. The fourth-order valence-corrected chi connectivity index (χ4v) is 4.28. The van der Waals surface area contributed by atoms with Crippen molar-refractivity contribution in [2.75, 3.05) is 6.61 Å². The van der Waals surface area contributed by atoms with E-state index in [0.29, 0.717) is 12.2 Å². The van der Waals surface area contributed by atoms with Gasteiger partial charge < -0.3 is 13.7 Å². The predicted molar refractivity (Wildman–Crippen MR) is 122 cm³/mol. The molecule has 0 aliphatic carbocycles. The van der Waals surface area contributed by atoms with Crippen LogP contribution in [0.25, 0.3) is 11.0 Å². The van der Waals surface area contributed by atoms with E-state index in [4.69, 9.17) is 9.16 Å². The SMILES string of the molecule is Cc1c(C(=O)OC(C)(C)C)c2cccnc2n1C(C)CCO[Si](C)(C)C(C)(C)C. The summed E-state index contributed by atoms with van der Waals surface area (Å²) in [5, 5.41) is 1.04. The molecule has 0 aromatic carbocycles. The lowest BCUT2D eigenvalue weighted by Gasteiger charge is -2.36. The van der Waals surface area contributed by atoms with E-state index >= 15 is 0 Å². The van der Waals surface area contributed by atoms with Gasteiger partial charge in [0.15, 0.2) is 8.32 Å². The summed E-state index contributed by atoms with van der Waals surface area (Å²) in [7, 11) is -1.78. The zero-order chi connectivity index (χ0) is 22.2. The predicted octanol–water partition coefficient (Wildman–Crippen LogP) is 6.27. The maximum absolute atomic E-state index is 12.9. The molecule has 0 saturated heterocycles. The molecular formula is C23H38N2O3Si. The van der Waals surface area contributed by atoms with Crippen molar-refractivity contribution in [2.24, 2.45) is 0 Å². The minimum Gasteiger partial charge on any atom is -0.456 e. The average Bonchev–Trinajstić information content (AvgIpc) is 2.83. The van der Waals surface area contributed by atoms with Crippen LogP contribution in [0.1, 0.15) is 77.0 Å². The summed E-state index contributed by atoms with van der Waals surface area (Å²) in [6, 6.07) is 3.98. The zero-order valence-electron chi connectivity index (χ0n) is 19.8. The van der Waals surface area contributed by atoms with Gasteiger partial charge in [0.05, 0.1) is 5.56 Å². The van der Waals surface area contributed by atoms with Gasteiger partial charge in [0.2, 0.25) is 0 Å². The zero-order valence-corrected chi connectivity index (χ0v) is 20.8. The molecule has 1 atom stereocenters. The van der Waals surface area contributed by atoms with Crippen molar-refractivity contribution in [3.63, 3.8) is 0 Å². The molecule has 0 amide bonds. The Kier molecular flexibility index (Phi) is 6.70. The third-order valence-corrected chi connectivity index (χ3v) is 10.4. The van der Waals surface area contributed by atoms with Gasteiger partial charge >= 0.3 is 5.97 Å². The van der Waals surface area contributed by atoms with Crippen LogP contribution in [0.3, 0.4) is 0 Å². The lowest BCUT2D eigenvalue weighted by molar-refractivity contribution is 0.00707. The molecule has 0 aliphatic heterocycles. The van der Waals surface area contributed by atoms with Gasteiger partial charge in [-0.1, -0.05) is 20.8 Å². The van der Waals surface area contributed by atoms with Gasteiger partial charge in [-0.25, -0.2) is 9.78 Å². The van der Waals surface area contributed by atoms with Gasteiger partial charge in [-0.15, -0.1) is 0 Å². The molecule has 0 fully saturated rings. The number of ether oxygens (including phenoxy) is 1. The first-order chi connectivity index (χ1) is 13.2. The molecule has 6 heteroatoms. The van der Waals surface area contributed by atoms with E-state index in [-0.39, 0.29) is 17.0 Å². The molecule has 0 spiro atoms. The number of aromatic nitrogens is 2. The van der Waals surface area contributed by atoms with E-state index in [9.17, 15) is 4.79 Å². The Balaban J connectivity index is 2.31. The topological polar surface area (TPSA) is 53.3 Å². The summed E-state index contributed by atoms with van der Waals surface area (Å²) >= 11 is 0. The molecule has 0 N–H and O–H groups in total. The minimum atomic E-state index is -1.78. The van der Waals surface area contributed by atoms with E-state index in [1.807, 2.05) is 39.8 Å². The highest BCUT2D eigenvalue weighted by Gasteiger charge is 2.37. The fourth-order valence-electron chi connectivity index (χ4n) is 3.21. The molecule has 0 saturated carbocycles. The fraction of sp³-hybridized carbons (Fsp3) is 0.652. The van der Waals surface area contributed by atoms with Gasteiger partial charge in [-0.05, 0) is 71.3 Å². The van der Waals surface area contributed by atoms with Gasteiger partial charge in [-0.2, -0.15) is 0 Å². The molecular weight excluding hydrogens is 380 g/mol. The maximum atomic E-state index is 12.9. The Morgan fingerprint density at radius 1 is 1.21 bits per heavy atom. The van der Waals surface area contributed by atoms with E-state index in [0.717, 1.165) is 23.1 Å². The Morgan fingerprint density at radius 2 is 1.83 bits per heavy atom. The first-order valence-electron chi connectivity index (χ1n) is 10.5. The first kappa shape index (κ1) is 23.6. The molecule has 0 aliphatic rings. The molecule has 2 heterocycles. The molecule has 2 rings (SSSR count). The smallest absolute Gasteiger partial charge is 0.341 e. The Bertz CT molecular complexity index is 873. The van der Waals surface area contributed by atoms with Gasteiger partial charge in [-0.3, -0.25) is 0 Å². The largest absolute Gasteiger partial charge is 0.456 e. The number of nitrogens with zero attached hydrogens (tertiary/aromatic N) is 2. The second kappa shape index (κ2) is 8.23. The Morgan fingerprint density at radius 3 is 2.38 bits per heavy atom. The van der Waals surface area contributed by atoms with Crippen LogP contribution in [0, 0.1) is 6.92 Å². The summed E-state index contributed by atoms with van der Waals surface area (Å²) in [6.07, 6.45) is 2.64. The molecule has 29 heavy (non-hydrogen) atoms. The van der Waals surface area contributed by atoms with Crippen LogP contribution < -0.4 is 0 Å². The standard InChI is InChI=1S/C23H38N2O3Si/c1-16(13-15-27-29(9,10)23(6,7)8)25-17(2)19(21(26)28-22(3,4)5)18-12-11-14-24-20(18)25/h11-12,14,16H,13,15H2,1-10H3. The summed E-state index contributed by atoms with van der Waals surface area (Å²) in [6.45, 7) is 21.8. The monoisotopic (exact) mass is 418 g/mol. The third-order valence-electron chi connectivity index (χ3n) is 5.86. The highest BCUT2D eigenvalue weighted by Crippen LogP contribution is 2.37. The molecule has 162 valence electrons. The van der Waals surface area contributed by atoms with Crippen LogP contribution in [0.2, 0.25) is 18.1 Å². The summed E-state index contributed by atoms with van der Waals surface area (Å²) < 4.78 is 14.2. The summed E-state index contributed by atoms with van der Waals surface area (Å²) in [5.41, 5.74) is 1.79.